The van der Waals surface area contributed by atoms with Gasteiger partial charge in [0.25, 0.3) is 0 Å². The highest BCUT2D eigenvalue weighted by atomic mass is 16.5. The summed E-state index contributed by atoms with van der Waals surface area (Å²) in [5.41, 5.74) is 3.31. The maximum atomic E-state index is 5.37. The van der Waals surface area contributed by atoms with E-state index < -0.39 is 0 Å². The van der Waals surface area contributed by atoms with Gasteiger partial charge in [-0.2, -0.15) is 0 Å². The zero-order valence-corrected chi connectivity index (χ0v) is 11.9. The molecule has 1 aliphatic heterocycles. The standard InChI is InChI=1S/C16H19N3O/c1-3-11-8-12(4-5-15(11)20-2)14-6-7-18-16(19-14)13-9-17-10-13/h4-8,13,17H,3,9-10H2,1-2H3. The first kappa shape index (κ1) is 13.1. The number of benzene rings is 1. The molecular formula is C16H19N3O. The minimum atomic E-state index is 0.457. The van der Waals surface area contributed by atoms with Gasteiger partial charge in [0.05, 0.1) is 12.8 Å². The second-order valence-corrected chi connectivity index (χ2v) is 5.04. The monoisotopic (exact) mass is 269 g/mol. The molecule has 2 heterocycles. The molecule has 0 aliphatic carbocycles. The summed E-state index contributed by atoms with van der Waals surface area (Å²) in [4.78, 5) is 9.09. The van der Waals surface area contributed by atoms with Gasteiger partial charge in [-0.3, -0.25) is 0 Å². The third-order valence-corrected chi connectivity index (χ3v) is 3.78. The molecule has 0 atom stereocenters. The third kappa shape index (κ3) is 2.39. The molecule has 1 aliphatic rings. The molecule has 0 bridgehead atoms. The number of ether oxygens (including phenoxy) is 1. The van der Waals surface area contributed by atoms with Gasteiger partial charge < -0.3 is 10.1 Å². The lowest BCUT2D eigenvalue weighted by Crippen LogP contribution is -2.40. The van der Waals surface area contributed by atoms with Crippen molar-refractivity contribution in [3.63, 3.8) is 0 Å². The first-order chi connectivity index (χ1) is 9.81. The Morgan fingerprint density at radius 2 is 2.15 bits per heavy atom. The van der Waals surface area contributed by atoms with Crippen LogP contribution >= 0.6 is 0 Å². The van der Waals surface area contributed by atoms with Crippen LogP contribution in [0.2, 0.25) is 0 Å². The van der Waals surface area contributed by atoms with E-state index in [1.165, 1.54) is 5.56 Å². The molecule has 104 valence electrons. The van der Waals surface area contributed by atoms with Gasteiger partial charge in [0.2, 0.25) is 0 Å². The molecule has 0 unspecified atom stereocenters. The Hall–Kier alpha value is -1.94. The van der Waals surface area contributed by atoms with E-state index in [4.69, 9.17) is 9.72 Å². The van der Waals surface area contributed by atoms with Gasteiger partial charge in [-0.05, 0) is 36.2 Å². The molecule has 1 fully saturated rings. The number of aryl methyl sites for hydroxylation is 1. The van der Waals surface area contributed by atoms with E-state index in [1.54, 1.807) is 7.11 Å². The van der Waals surface area contributed by atoms with Crippen molar-refractivity contribution in [2.24, 2.45) is 0 Å². The van der Waals surface area contributed by atoms with Gasteiger partial charge >= 0.3 is 0 Å². The van der Waals surface area contributed by atoms with Crippen LogP contribution < -0.4 is 10.1 Å². The molecule has 1 saturated heterocycles. The molecule has 3 rings (SSSR count). The van der Waals surface area contributed by atoms with E-state index in [0.717, 1.165) is 42.3 Å². The highest BCUT2D eigenvalue weighted by Gasteiger charge is 2.21. The van der Waals surface area contributed by atoms with E-state index in [9.17, 15) is 0 Å². The second-order valence-electron chi connectivity index (χ2n) is 5.04. The minimum Gasteiger partial charge on any atom is -0.496 e. The van der Waals surface area contributed by atoms with Crippen LogP contribution in [0.1, 0.15) is 24.2 Å². The number of methoxy groups -OCH3 is 1. The summed E-state index contributed by atoms with van der Waals surface area (Å²) < 4.78 is 5.37. The summed E-state index contributed by atoms with van der Waals surface area (Å²) in [6.07, 6.45) is 2.80. The summed E-state index contributed by atoms with van der Waals surface area (Å²) in [7, 11) is 1.71. The highest BCUT2D eigenvalue weighted by Crippen LogP contribution is 2.27. The van der Waals surface area contributed by atoms with Crippen LogP contribution in [0.15, 0.2) is 30.5 Å². The zero-order valence-electron chi connectivity index (χ0n) is 11.9. The highest BCUT2D eigenvalue weighted by molar-refractivity contribution is 5.62. The topological polar surface area (TPSA) is 47.0 Å². The number of hydrogen-bond acceptors (Lipinski definition) is 4. The Kier molecular flexibility index (Phi) is 3.65. The van der Waals surface area contributed by atoms with Crippen molar-refractivity contribution in [1.82, 2.24) is 15.3 Å². The quantitative estimate of drug-likeness (QED) is 0.926. The number of nitrogens with one attached hydrogen (secondary N) is 1. The average Bonchev–Trinajstić information content (AvgIpc) is 2.45. The van der Waals surface area contributed by atoms with Gasteiger partial charge in [0.1, 0.15) is 11.6 Å². The summed E-state index contributed by atoms with van der Waals surface area (Å²) in [5.74, 6) is 2.34. The van der Waals surface area contributed by atoms with Crippen LogP contribution in [-0.2, 0) is 6.42 Å². The molecule has 1 aromatic heterocycles. The Morgan fingerprint density at radius 3 is 2.80 bits per heavy atom. The van der Waals surface area contributed by atoms with Crippen LogP contribution in [0.3, 0.4) is 0 Å². The Balaban J connectivity index is 1.95. The number of hydrogen-bond donors (Lipinski definition) is 1. The van der Waals surface area contributed by atoms with E-state index >= 15 is 0 Å². The van der Waals surface area contributed by atoms with Crippen molar-refractivity contribution in [1.29, 1.82) is 0 Å². The zero-order chi connectivity index (χ0) is 13.9. The summed E-state index contributed by atoms with van der Waals surface area (Å²) in [6.45, 7) is 4.09. The molecule has 0 spiro atoms. The van der Waals surface area contributed by atoms with Crippen molar-refractivity contribution in [2.45, 2.75) is 19.3 Å². The molecule has 20 heavy (non-hydrogen) atoms. The first-order valence-electron chi connectivity index (χ1n) is 7.02. The normalized spacial score (nSPS) is 14.9. The molecule has 1 N–H and O–H groups in total. The molecule has 4 heteroatoms. The van der Waals surface area contributed by atoms with Crippen molar-refractivity contribution in [2.75, 3.05) is 20.2 Å². The Bertz CT molecular complexity index is 608. The fourth-order valence-corrected chi connectivity index (χ4v) is 2.42. The minimum absolute atomic E-state index is 0.457. The first-order valence-corrected chi connectivity index (χ1v) is 7.02. The average molecular weight is 269 g/mol. The molecule has 1 aromatic carbocycles. The maximum Gasteiger partial charge on any atom is 0.134 e. The van der Waals surface area contributed by atoms with Crippen LogP contribution in [0.25, 0.3) is 11.3 Å². The Morgan fingerprint density at radius 1 is 1.30 bits per heavy atom. The van der Waals surface area contributed by atoms with Crippen molar-refractivity contribution < 1.29 is 4.74 Å². The molecule has 4 nitrogen and oxygen atoms in total. The van der Waals surface area contributed by atoms with E-state index in [1.807, 2.05) is 18.3 Å². The Labute approximate surface area is 119 Å². The van der Waals surface area contributed by atoms with Crippen LogP contribution in [0.4, 0.5) is 0 Å². The van der Waals surface area contributed by atoms with E-state index in [0.29, 0.717) is 5.92 Å². The van der Waals surface area contributed by atoms with Gasteiger partial charge in [-0.25, -0.2) is 9.97 Å². The predicted molar refractivity (Wildman–Crippen MR) is 79.0 cm³/mol. The van der Waals surface area contributed by atoms with Crippen LogP contribution in [-0.4, -0.2) is 30.2 Å². The summed E-state index contributed by atoms with van der Waals surface area (Å²) in [5, 5.41) is 3.26. The van der Waals surface area contributed by atoms with Gasteiger partial charge in [0, 0.05) is 30.8 Å². The lowest BCUT2D eigenvalue weighted by Gasteiger charge is -2.25. The predicted octanol–water partition coefficient (Wildman–Crippen LogP) is 2.40. The number of nitrogens with zero attached hydrogens (tertiary/aromatic N) is 2. The van der Waals surface area contributed by atoms with Crippen LogP contribution in [0.5, 0.6) is 5.75 Å². The SMILES string of the molecule is CCc1cc(-c2ccnc(C3CNC3)n2)ccc1OC. The maximum absolute atomic E-state index is 5.37. The van der Waals surface area contributed by atoms with Crippen LogP contribution in [0, 0.1) is 0 Å². The summed E-state index contributed by atoms with van der Waals surface area (Å²) in [6, 6.07) is 8.20. The van der Waals surface area contributed by atoms with Crippen molar-refractivity contribution in [3.05, 3.63) is 41.9 Å². The van der Waals surface area contributed by atoms with E-state index in [2.05, 4.69) is 29.4 Å². The smallest absolute Gasteiger partial charge is 0.134 e. The van der Waals surface area contributed by atoms with Crippen molar-refractivity contribution in [3.8, 4) is 17.0 Å². The second kappa shape index (κ2) is 5.59. The molecule has 0 saturated carbocycles. The lowest BCUT2D eigenvalue weighted by atomic mass is 10.0. The molecule has 2 aromatic rings. The molecule has 0 radical (unpaired) electrons. The number of rotatable bonds is 4. The molecular weight excluding hydrogens is 250 g/mol. The van der Waals surface area contributed by atoms with Gasteiger partial charge in [0.15, 0.2) is 0 Å². The third-order valence-electron chi connectivity index (χ3n) is 3.78. The van der Waals surface area contributed by atoms with Gasteiger partial charge in [-0.15, -0.1) is 0 Å². The lowest BCUT2D eigenvalue weighted by molar-refractivity contribution is 0.410. The van der Waals surface area contributed by atoms with Crippen molar-refractivity contribution >= 4 is 0 Å². The summed E-state index contributed by atoms with van der Waals surface area (Å²) >= 11 is 0. The van der Waals surface area contributed by atoms with Gasteiger partial charge in [-0.1, -0.05) is 6.92 Å². The fourth-order valence-electron chi connectivity index (χ4n) is 2.42. The van der Waals surface area contributed by atoms with E-state index in [-0.39, 0.29) is 0 Å². The number of aromatic nitrogens is 2. The largest absolute Gasteiger partial charge is 0.496 e. The molecule has 0 amide bonds. The fraction of sp³-hybridized carbons (Fsp3) is 0.375.